The van der Waals surface area contributed by atoms with Crippen molar-refractivity contribution in [3.63, 3.8) is 0 Å². The number of amides is 1. The number of hydrogen-bond acceptors (Lipinski definition) is 4. The van der Waals surface area contributed by atoms with Crippen LogP contribution in [-0.2, 0) is 24.3 Å². The van der Waals surface area contributed by atoms with Gasteiger partial charge in [-0.05, 0) is 44.2 Å². The van der Waals surface area contributed by atoms with Gasteiger partial charge in [-0.15, -0.1) is 0 Å². The lowest BCUT2D eigenvalue weighted by Gasteiger charge is -2.39. The molecule has 2 N–H and O–H groups in total. The van der Waals surface area contributed by atoms with Crippen molar-refractivity contribution in [2.75, 3.05) is 5.32 Å². The molecule has 2 aliphatic heterocycles. The zero-order valence-electron chi connectivity index (χ0n) is 16.5. The van der Waals surface area contributed by atoms with Crippen molar-refractivity contribution in [3.05, 3.63) is 35.2 Å². The lowest BCUT2D eigenvalue weighted by atomic mass is 9.70. The molecule has 0 atom stereocenters. The van der Waals surface area contributed by atoms with E-state index in [0.29, 0.717) is 19.0 Å². The van der Waals surface area contributed by atoms with Gasteiger partial charge in [0.2, 0.25) is 5.91 Å². The first-order valence-electron chi connectivity index (χ1n) is 10.8. The molecule has 1 fully saturated rings. The predicted molar refractivity (Wildman–Crippen MR) is 108 cm³/mol. The maximum atomic E-state index is 13.6. The molecular weight excluding hydrogens is 350 g/mol. The van der Waals surface area contributed by atoms with E-state index in [-0.39, 0.29) is 5.41 Å². The molecule has 0 aromatic carbocycles. The minimum Gasteiger partial charge on any atom is -0.332 e. The van der Waals surface area contributed by atoms with Crippen molar-refractivity contribution in [1.82, 2.24) is 20.1 Å². The molecule has 1 aliphatic carbocycles. The van der Waals surface area contributed by atoms with Crippen molar-refractivity contribution in [2.45, 2.75) is 77.3 Å². The van der Waals surface area contributed by atoms with Crippen molar-refractivity contribution in [3.8, 4) is 0 Å². The summed E-state index contributed by atoms with van der Waals surface area (Å²) in [5, 5.41) is 11.0. The Kier molecular flexibility index (Phi) is 4.57. The molecule has 1 saturated carbocycles. The standard InChI is InChI=1S/C22H29N5O/c28-21-22(12-5-2-6-13-22)11-4-1-3-8-16-9-7-10-19(23-16)24-20-17-14-27(21)15-18(17)25-26-20/h7,9-10H,1-6,8,11-15H2,(H2,23,24,25,26). The van der Waals surface area contributed by atoms with Crippen LogP contribution in [0.5, 0.6) is 0 Å². The van der Waals surface area contributed by atoms with Crippen LogP contribution < -0.4 is 5.32 Å². The van der Waals surface area contributed by atoms with Gasteiger partial charge in [0.1, 0.15) is 5.82 Å². The molecule has 6 nitrogen and oxygen atoms in total. The average Bonchev–Trinajstić information content (AvgIpc) is 3.30. The van der Waals surface area contributed by atoms with Crippen LogP contribution in [0.4, 0.5) is 11.6 Å². The molecule has 4 bridgehead atoms. The fourth-order valence-corrected chi connectivity index (χ4v) is 5.28. The zero-order chi connectivity index (χ0) is 19.0. The summed E-state index contributed by atoms with van der Waals surface area (Å²) in [7, 11) is 0. The highest BCUT2D eigenvalue weighted by molar-refractivity contribution is 5.83. The molecule has 6 heteroatoms. The van der Waals surface area contributed by atoms with Gasteiger partial charge >= 0.3 is 0 Å². The summed E-state index contributed by atoms with van der Waals surface area (Å²) >= 11 is 0. The Bertz CT molecular complexity index is 868. The second kappa shape index (κ2) is 7.22. The molecule has 28 heavy (non-hydrogen) atoms. The highest BCUT2D eigenvalue weighted by atomic mass is 16.2. The maximum absolute atomic E-state index is 13.6. The third-order valence-corrected chi connectivity index (χ3v) is 6.84. The van der Waals surface area contributed by atoms with E-state index in [9.17, 15) is 4.79 Å². The largest absolute Gasteiger partial charge is 0.332 e. The number of fused-ring (bicyclic) bond motifs is 3. The van der Waals surface area contributed by atoms with Crippen molar-refractivity contribution in [1.29, 1.82) is 0 Å². The molecule has 1 amide bonds. The van der Waals surface area contributed by atoms with E-state index >= 15 is 0 Å². The summed E-state index contributed by atoms with van der Waals surface area (Å²) < 4.78 is 0. The van der Waals surface area contributed by atoms with E-state index in [1.54, 1.807) is 0 Å². The van der Waals surface area contributed by atoms with E-state index in [0.717, 1.165) is 73.5 Å². The van der Waals surface area contributed by atoms with E-state index in [1.807, 2.05) is 6.07 Å². The number of pyridine rings is 1. The number of hydrogen-bond donors (Lipinski definition) is 2. The average molecular weight is 380 g/mol. The number of nitrogens with one attached hydrogen (secondary N) is 2. The number of aromatic nitrogens is 3. The number of anilines is 2. The first kappa shape index (κ1) is 17.7. The molecule has 4 heterocycles. The summed E-state index contributed by atoms with van der Waals surface area (Å²) in [6.07, 6.45) is 11.2. The number of carbonyl (C=O) groups excluding carboxylic acids is 1. The molecule has 2 aromatic heterocycles. The summed E-state index contributed by atoms with van der Waals surface area (Å²) in [4.78, 5) is 20.5. The maximum Gasteiger partial charge on any atom is 0.229 e. The Morgan fingerprint density at radius 1 is 0.964 bits per heavy atom. The van der Waals surface area contributed by atoms with E-state index < -0.39 is 0 Å². The van der Waals surface area contributed by atoms with Gasteiger partial charge < -0.3 is 10.2 Å². The summed E-state index contributed by atoms with van der Waals surface area (Å²) in [6, 6.07) is 6.15. The minimum absolute atomic E-state index is 0.140. The second-order valence-corrected chi connectivity index (χ2v) is 8.73. The third kappa shape index (κ3) is 3.19. The van der Waals surface area contributed by atoms with Gasteiger partial charge in [0.05, 0.1) is 18.8 Å². The topological polar surface area (TPSA) is 73.9 Å². The SMILES string of the molecule is O=C1N2Cc3[nH]nc(c3C2)Nc2cccc(n2)CCCCCC12CCCCC2. The van der Waals surface area contributed by atoms with Crippen LogP contribution in [0.2, 0.25) is 0 Å². The molecule has 3 aliphatic rings. The van der Waals surface area contributed by atoms with E-state index in [4.69, 9.17) is 4.98 Å². The number of aryl methyl sites for hydroxylation is 1. The predicted octanol–water partition coefficient (Wildman–Crippen LogP) is 4.46. The Labute approximate surface area is 166 Å². The van der Waals surface area contributed by atoms with Gasteiger partial charge in [-0.1, -0.05) is 38.2 Å². The Morgan fingerprint density at radius 3 is 2.57 bits per heavy atom. The number of rotatable bonds is 0. The van der Waals surface area contributed by atoms with E-state index in [2.05, 4.69) is 32.5 Å². The van der Waals surface area contributed by atoms with Crippen LogP contribution in [0.25, 0.3) is 0 Å². The summed E-state index contributed by atoms with van der Waals surface area (Å²) in [5.41, 5.74) is 3.15. The number of aromatic amines is 1. The molecule has 0 radical (unpaired) electrons. The molecule has 0 saturated heterocycles. The summed E-state index contributed by atoms with van der Waals surface area (Å²) in [5.74, 6) is 2.01. The second-order valence-electron chi connectivity index (χ2n) is 8.73. The van der Waals surface area contributed by atoms with Gasteiger partial charge in [-0.3, -0.25) is 9.89 Å². The van der Waals surface area contributed by atoms with Gasteiger partial charge in [0.15, 0.2) is 5.82 Å². The van der Waals surface area contributed by atoms with Gasteiger partial charge in [0, 0.05) is 16.7 Å². The van der Waals surface area contributed by atoms with Crippen LogP contribution >= 0.6 is 0 Å². The number of nitrogens with zero attached hydrogens (tertiary/aromatic N) is 3. The van der Waals surface area contributed by atoms with Gasteiger partial charge in [-0.2, -0.15) is 5.10 Å². The fourth-order valence-electron chi connectivity index (χ4n) is 5.28. The van der Waals surface area contributed by atoms with Crippen LogP contribution in [0.3, 0.4) is 0 Å². The van der Waals surface area contributed by atoms with Crippen molar-refractivity contribution >= 4 is 17.5 Å². The smallest absolute Gasteiger partial charge is 0.229 e. The van der Waals surface area contributed by atoms with Gasteiger partial charge in [-0.25, -0.2) is 4.98 Å². The Balaban J connectivity index is 1.47. The zero-order valence-corrected chi connectivity index (χ0v) is 16.5. The first-order chi connectivity index (χ1) is 13.7. The molecule has 5 rings (SSSR count). The monoisotopic (exact) mass is 379 g/mol. The van der Waals surface area contributed by atoms with Crippen molar-refractivity contribution in [2.24, 2.45) is 5.41 Å². The highest BCUT2D eigenvalue weighted by Crippen LogP contribution is 2.44. The van der Waals surface area contributed by atoms with E-state index in [1.165, 1.54) is 19.3 Å². The minimum atomic E-state index is -0.140. The fraction of sp³-hybridized carbons (Fsp3) is 0.591. The summed E-state index contributed by atoms with van der Waals surface area (Å²) in [6.45, 7) is 1.30. The quantitative estimate of drug-likeness (QED) is 0.709. The Morgan fingerprint density at radius 2 is 1.75 bits per heavy atom. The molecule has 2 aromatic rings. The first-order valence-corrected chi connectivity index (χ1v) is 10.8. The number of H-pyrrole nitrogens is 1. The van der Waals surface area contributed by atoms with Crippen molar-refractivity contribution < 1.29 is 4.79 Å². The lowest BCUT2D eigenvalue weighted by Crippen LogP contribution is -2.43. The molecule has 1 spiro atoms. The van der Waals surface area contributed by atoms with Gasteiger partial charge in [0.25, 0.3) is 0 Å². The van der Waals surface area contributed by atoms with Crippen LogP contribution in [0, 0.1) is 5.41 Å². The highest BCUT2D eigenvalue weighted by Gasteiger charge is 2.43. The Hall–Kier alpha value is -2.37. The molecular formula is C22H29N5O. The normalized spacial score (nSPS) is 21.9. The van der Waals surface area contributed by atoms with Crippen LogP contribution in [0.15, 0.2) is 18.2 Å². The third-order valence-electron chi connectivity index (χ3n) is 6.84. The van der Waals surface area contributed by atoms with Crippen LogP contribution in [-0.4, -0.2) is 26.0 Å². The number of carbonyl (C=O) groups is 1. The lowest BCUT2D eigenvalue weighted by molar-refractivity contribution is -0.145. The van der Waals surface area contributed by atoms with Crippen LogP contribution in [0.1, 0.15) is 74.7 Å². The molecule has 0 unspecified atom stereocenters. The molecule has 148 valence electrons.